The van der Waals surface area contributed by atoms with Gasteiger partial charge >= 0.3 is 0 Å². The molecule has 1 heterocycles. The second-order valence-electron chi connectivity index (χ2n) is 3.06. The smallest absolute Gasteiger partial charge is 0.0584 e. The molecular weight excluding hydrogens is 156 g/mol. The highest BCUT2D eigenvalue weighted by Crippen LogP contribution is 2.25. The van der Waals surface area contributed by atoms with Crippen molar-refractivity contribution in [3.8, 4) is 0 Å². The molecule has 0 radical (unpaired) electrons. The zero-order valence-corrected chi connectivity index (χ0v) is 8.16. The number of unbranched alkanes of at least 4 members (excludes halogenated alkanes) is 1. The van der Waals surface area contributed by atoms with Crippen molar-refractivity contribution in [3.05, 3.63) is 0 Å². The van der Waals surface area contributed by atoms with Crippen LogP contribution in [-0.2, 0) is 4.74 Å². The molecule has 0 aromatic rings. The highest BCUT2D eigenvalue weighted by atomic mass is 32.2. The Morgan fingerprint density at radius 3 is 3.09 bits per heavy atom. The van der Waals surface area contributed by atoms with Gasteiger partial charge in [-0.2, -0.15) is 11.8 Å². The van der Waals surface area contributed by atoms with Crippen molar-refractivity contribution in [3.63, 3.8) is 0 Å². The van der Waals surface area contributed by atoms with Crippen molar-refractivity contribution in [2.45, 2.75) is 37.9 Å². The summed E-state index contributed by atoms with van der Waals surface area (Å²) in [4.78, 5) is 0. The molecule has 11 heavy (non-hydrogen) atoms. The molecule has 2 heteroatoms. The normalized spacial score (nSPS) is 24.3. The van der Waals surface area contributed by atoms with E-state index in [0.29, 0.717) is 0 Å². The van der Waals surface area contributed by atoms with Crippen LogP contribution in [0.2, 0.25) is 0 Å². The first-order chi connectivity index (χ1) is 5.43. The van der Waals surface area contributed by atoms with Crippen LogP contribution in [0.25, 0.3) is 0 Å². The number of hydrogen-bond donors (Lipinski definition) is 0. The summed E-state index contributed by atoms with van der Waals surface area (Å²) < 4.78 is 5.54. The van der Waals surface area contributed by atoms with E-state index in [1.807, 2.05) is 0 Å². The van der Waals surface area contributed by atoms with Crippen LogP contribution in [0.5, 0.6) is 0 Å². The molecule has 0 saturated carbocycles. The summed E-state index contributed by atoms with van der Waals surface area (Å²) in [5.41, 5.74) is 0. The van der Waals surface area contributed by atoms with Crippen molar-refractivity contribution in [2.75, 3.05) is 19.0 Å². The molecule has 66 valence electrons. The third kappa shape index (κ3) is 4.02. The molecule has 0 amide bonds. The first kappa shape index (κ1) is 9.40. The molecule has 0 aromatic carbocycles. The molecule has 1 fully saturated rings. The minimum Gasteiger partial charge on any atom is -0.380 e. The van der Waals surface area contributed by atoms with Crippen LogP contribution in [-0.4, -0.2) is 24.2 Å². The number of ether oxygens (including phenoxy) is 1. The third-order valence-electron chi connectivity index (χ3n) is 1.97. The highest BCUT2D eigenvalue weighted by molar-refractivity contribution is 8.00. The van der Waals surface area contributed by atoms with Gasteiger partial charge in [-0.1, -0.05) is 13.3 Å². The van der Waals surface area contributed by atoms with Crippen molar-refractivity contribution in [1.82, 2.24) is 0 Å². The lowest BCUT2D eigenvalue weighted by Gasteiger charge is -2.08. The van der Waals surface area contributed by atoms with Gasteiger partial charge in [-0.3, -0.25) is 0 Å². The van der Waals surface area contributed by atoms with Crippen molar-refractivity contribution >= 4 is 11.8 Å². The van der Waals surface area contributed by atoms with Crippen molar-refractivity contribution in [1.29, 1.82) is 0 Å². The summed E-state index contributed by atoms with van der Waals surface area (Å²) in [6.07, 6.45) is 5.23. The van der Waals surface area contributed by atoms with Crippen LogP contribution < -0.4 is 0 Å². The fraction of sp³-hybridized carbons (Fsp3) is 1.00. The summed E-state index contributed by atoms with van der Waals surface area (Å²) in [7, 11) is 0. The quantitative estimate of drug-likeness (QED) is 0.593. The second kappa shape index (κ2) is 5.90. The van der Waals surface area contributed by atoms with Crippen LogP contribution in [0, 0.1) is 0 Å². The minimum atomic E-state index is 0.812. The summed E-state index contributed by atoms with van der Waals surface area (Å²) in [6, 6.07) is 0. The Morgan fingerprint density at radius 2 is 2.45 bits per heavy atom. The van der Waals surface area contributed by atoms with E-state index in [2.05, 4.69) is 18.7 Å². The van der Waals surface area contributed by atoms with Crippen LogP contribution >= 0.6 is 11.8 Å². The van der Waals surface area contributed by atoms with Crippen molar-refractivity contribution < 1.29 is 4.74 Å². The molecule has 1 rings (SSSR count). The van der Waals surface area contributed by atoms with E-state index < -0.39 is 0 Å². The van der Waals surface area contributed by atoms with Gasteiger partial charge < -0.3 is 4.74 Å². The molecule has 0 spiro atoms. The van der Waals surface area contributed by atoms with Gasteiger partial charge in [0.1, 0.15) is 0 Å². The Bertz CT molecular complexity index is 89.6. The number of thioether (sulfide) groups is 1. The average Bonchev–Trinajstić information content (AvgIpc) is 2.50. The molecule has 0 aromatic heterocycles. The summed E-state index contributed by atoms with van der Waals surface area (Å²) >= 11 is 2.08. The molecule has 1 aliphatic heterocycles. The van der Waals surface area contributed by atoms with Gasteiger partial charge in [0.15, 0.2) is 0 Å². The summed E-state index contributed by atoms with van der Waals surface area (Å²) in [5, 5.41) is 0.812. The maximum Gasteiger partial charge on any atom is 0.0584 e. The largest absolute Gasteiger partial charge is 0.380 e. The molecule has 0 unspecified atom stereocenters. The Balaban J connectivity index is 1.86. The fourth-order valence-electron chi connectivity index (χ4n) is 1.24. The first-order valence-electron chi connectivity index (χ1n) is 4.63. The predicted molar refractivity (Wildman–Crippen MR) is 51.2 cm³/mol. The second-order valence-corrected chi connectivity index (χ2v) is 4.47. The summed E-state index contributed by atoms with van der Waals surface area (Å²) in [5.74, 6) is 1.35. The van der Waals surface area contributed by atoms with E-state index in [-0.39, 0.29) is 0 Å². The Hall–Kier alpha value is 0.310. The Kier molecular flexibility index (Phi) is 5.04. The molecule has 0 N–H and O–H groups in total. The first-order valence-corrected chi connectivity index (χ1v) is 5.67. The lowest BCUT2D eigenvalue weighted by molar-refractivity contribution is 0.132. The van der Waals surface area contributed by atoms with Gasteiger partial charge in [-0.25, -0.2) is 0 Å². The van der Waals surface area contributed by atoms with Gasteiger partial charge in [0.25, 0.3) is 0 Å². The highest BCUT2D eigenvalue weighted by Gasteiger charge is 2.14. The molecule has 1 atom stereocenters. The zero-order valence-electron chi connectivity index (χ0n) is 7.34. The maximum absolute atomic E-state index is 5.54. The van der Waals surface area contributed by atoms with E-state index in [0.717, 1.165) is 18.5 Å². The van der Waals surface area contributed by atoms with Crippen LogP contribution in [0.4, 0.5) is 0 Å². The number of rotatable bonds is 5. The maximum atomic E-state index is 5.54. The third-order valence-corrected chi connectivity index (χ3v) is 3.34. The molecular formula is C9H18OS. The van der Waals surface area contributed by atoms with Gasteiger partial charge in [-0.15, -0.1) is 0 Å². The van der Waals surface area contributed by atoms with Gasteiger partial charge in [-0.05, 0) is 25.0 Å². The van der Waals surface area contributed by atoms with Crippen LogP contribution in [0.15, 0.2) is 0 Å². The summed E-state index contributed by atoms with van der Waals surface area (Å²) in [6.45, 7) is 4.16. The van der Waals surface area contributed by atoms with Crippen LogP contribution in [0.1, 0.15) is 32.6 Å². The van der Waals surface area contributed by atoms with E-state index in [1.165, 1.54) is 31.4 Å². The molecule has 1 nitrogen and oxygen atoms in total. The van der Waals surface area contributed by atoms with Crippen molar-refractivity contribution in [2.24, 2.45) is 0 Å². The standard InChI is InChI=1S/C9H18OS/c1-2-3-6-10-8-9-5-4-7-11-9/h9H,2-8H2,1H3/t9-/m0/s1. The van der Waals surface area contributed by atoms with E-state index >= 15 is 0 Å². The monoisotopic (exact) mass is 174 g/mol. The lowest BCUT2D eigenvalue weighted by atomic mass is 10.3. The zero-order chi connectivity index (χ0) is 7.94. The number of hydrogen-bond acceptors (Lipinski definition) is 2. The Morgan fingerprint density at radius 1 is 1.55 bits per heavy atom. The minimum absolute atomic E-state index is 0.812. The fourth-order valence-corrected chi connectivity index (χ4v) is 2.43. The van der Waals surface area contributed by atoms with E-state index in [1.54, 1.807) is 0 Å². The Labute approximate surface area is 73.9 Å². The van der Waals surface area contributed by atoms with E-state index in [4.69, 9.17) is 4.74 Å². The SMILES string of the molecule is CCCCOC[C@@H]1CCCS1. The average molecular weight is 174 g/mol. The van der Waals surface area contributed by atoms with Gasteiger partial charge in [0.05, 0.1) is 6.61 Å². The van der Waals surface area contributed by atoms with Crippen LogP contribution in [0.3, 0.4) is 0 Å². The molecule has 0 bridgehead atoms. The molecule has 0 aliphatic carbocycles. The van der Waals surface area contributed by atoms with Gasteiger partial charge in [0, 0.05) is 11.9 Å². The van der Waals surface area contributed by atoms with Gasteiger partial charge in [0.2, 0.25) is 0 Å². The van der Waals surface area contributed by atoms with E-state index in [9.17, 15) is 0 Å². The lowest BCUT2D eigenvalue weighted by Crippen LogP contribution is -2.08. The molecule has 1 aliphatic rings. The molecule has 1 saturated heterocycles. The predicted octanol–water partition coefficient (Wildman–Crippen LogP) is 2.70. The topological polar surface area (TPSA) is 9.23 Å².